The molecule has 1 N–H and O–H groups in total. The summed E-state index contributed by atoms with van der Waals surface area (Å²) < 4.78 is 27.2. The number of carbonyl (C=O) groups excluding carboxylic acids is 1. The minimum atomic E-state index is -3.51. The van der Waals surface area contributed by atoms with Gasteiger partial charge in [0, 0.05) is 24.7 Å². The van der Waals surface area contributed by atoms with Crippen molar-refractivity contribution in [1.29, 1.82) is 0 Å². The smallest absolute Gasteiger partial charge is 0.251 e. The van der Waals surface area contributed by atoms with Gasteiger partial charge in [-0.2, -0.15) is 4.31 Å². The fourth-order valence-corrected chi connectivity index (χ4v) is 8.58. The van der Waals surface area contributed by atoms with Crippen LogP contribution in [0.3, 0.4) is 0 Å². The van der Waals surface area contributed by atoms with E-state index >= 15 is 0 Å². The van der Waals surface area contributed by atoms with E-state index in [0.29, 0.717) is 18.7 Å². The normalized spacial score (nSPS) is 35.0. The van der Waals surface area contributed by atoms with Gasteiger partial charge < -0.3 is 5.32 Å². The largest absolute Gasteiger partial charge is 0.349 e. The molecule has 1 amide bonds. The fraction of sp³-hybridized carbons (Fsp3) is 0.696. The third-order valence-electron chi connectivity index (χ3n) is 8.15. The second-order valence-electron chi connectivity index (χ2n) is 10.1. The predicted octanol–water partition coefficient (Wildman–Crippen LogP) is 3.81. The van der Waals surface area contributed by atoms with E-state index in [4.69, 9.17) is 0 Å². The highest BCUT2D eigenvalue weighted by Crippen LogP contribution is 2.61. The quantitative estimate of drug-likeness (QED) is 0.794. The van der Waals surface area contributed by atoms with Crippen LogP contribution in [-0.4, -0.2) is 37.8 Å². The van der Waals surface area contributed by atoms with Gasteiger partial charge in [-0.15, -0.1) is 0 Å². The summed E-state index contributed by atoms with van der Waals surface area (Å²) >= 11 is 0. The molecule has 29 heavy (non-hydrogen) atoms. The van der Waals surface area contributed by atoms with Gasteiger partial charge in [0.25, 0.3) is 5.91 Å². The Morgan fingerprint density at radius 3 is 2.24 bits per heavy atom. The first kappa shape index (κ1) is 19.6. The highest BCUT2D eigenvalue weighted by Gasteiger charge is 2.53. The number of nitrogens with one attached hydrogen (secondary N) is 1. The van der Waals surface area contributed by atoms with E-state index in [0.717, 1.165) is 30.6 Å². The molecule has 6 rings (SSSR count). The van der Waals surface area contributed by atoms with Crippen LogP contribution in [0.1, 0.15) is 68.6 Å². The molecule has 4 saturated carbocycles. The standard InChI is InChI=1S/C23H32N2O3S/c1-16(23-13-17-9-18(14-23)11-19(10-17)15-23)24-22(26)20-5-4-6-21(12-20)29(27,28)25-7-2-3-8-25/h4-6,12,16-19H,2-3,7-11,13-15H2,1H3,(H,24,26)/t16-,17?,18?,19?,23?/m0/s1. The first-order valence-electron chi connectivity index (χ1n) is 11.3. The van der Waals surface area contributed by atoms with E-state index in [1.807, 2.05) is 0 Å². The summed E-state index contributed by atoms with van der Waals surface area (Å²) in [5.74, 6) is 2.38. The molecule has 1 atom stereocenters. The van der Waals surface area contributed by atoms with Gasteiger partial charge in [-0.1, -0.05) is 6.07 Å². The molecular formula is C23H32N2O3S. The third-order valence-corrected chi connectivity index (χ3v) is 10.0. The molecule has 4 aliphatic carbocycles. The van der Waals surface area contributed by atoms with Crippen LogP contribution in [0.15, 0.2) is 29.2 Å². The minimum absolute atomic E-state index is 0.127. The summed E-state index contributed by atoms with van der Waals surface area (Å²) in [4.78, 5) is 13.3. The van der Waals surface area contributed by atoms with Gasteiger partial charge in [0.1, 0.15) is 0 Å². The van der Waals surface area contributed by atoms with Crippen molar-refractivity contribution in [3.05, 3.63) is 29.8 Å². The van der Waals surface area contributed by atoms with Crippen LogP contribution in [0.25, 0.3) is 0 Å². The molecule has 1 aromatic rings. The zero-order valence-corrected chi connectivity index (χ0v) is 18.1. The maximum Gasteiger partial charge on any atom is 0.251 e. The predicted molar refractivity (Wildman–Crippen MR) is 112 cm³/mol. The average Bonchev–Trinajstić information content (AvgIpc) is 3.23. The molecule has 5 fully saturated rings. The summed E-state index contributed by atoms with van der Waals surface area (Å²) in [5.41, 5.74) is 0.686. The summed E-state index contributed by atoms with van der Waals surface area (Å²) in [6, 6.07) is 6.70. The summed E-state index contributed by atoms with van der Waals surface area (Å²) in [7, 11) is -3.51. The molecule has 1 heterocycles. The van der Waals surface area contributed by atoms with Gasteiger partial charge in [-0.25, -0.2) is 8.42 Å². The van der Waals surface area contributed by atoms with Gasteiger partial charge in [0.2, 0.25) is 10.0 Å². The van der Waals surface area contributed by atoms with Crippen LogP contribution in [-0.2, 0) is 10.0 Å². The summed E-state index contributed by atoms with van der Waals surface area (Å²) in [6.45, 7) is 3.31. The van der Waals surface area contributed by atoms with E-state index in [9.17, 15) is 13.2 Å². The molecule has 158 valence electrons. The lowest BCUT2D eigenvalue weighted by Crippen LogP contribution is -2.55. The summed E-state index contributed by atoms with van der Waals surface area (Å²) in [6.07, 6.45) is 9.68. The molecule has 6 heteroatoms. The van der Waals surface area contributed by atoms with Crippen LogP contribution < -0.4 is 5.32 Å². The van der Waals surface area contributed by atoms with Crippen molar-refractivity contribution in [2.45, 2.75) is 69.2 Å². The summed E-state index contributed by atoms with van der Waals surface area (Å²) in [5, 5.41) is 3.25. The molecule has 1 aliphatic heterocycles. The third kappa shape index (κ3) is 3.42. The zero-order valence-electron chi connectivity index (χ0n) is 17.3. The average molecular weight is 417 g/mol. The van der Waals surface area contributed by atoms with Crippen molar-refractivity contribution in [1.82, 2.24) is 9.62 Å². The highest BCUT2D eigenvalue weighted by atomic mass is 32.2. The van der Waals surface area contributed by atoms with Crippen LogP contribution in [0.4, 0.5) is 0 Å². The number of sulfonamides is 1. The van der Waals surface area contributed by atoms with Crippen molar-refractivity contribution < 1.29 is 13.2 Å². The number of amides is 1. The van der Waals surface area contributed by atoms with Crippen LogP contribution in [0, 0.1) is 23.2 Å². The fourth-order valence-electron chi connectivity index (χ4n) is 7.02. The van der Waals surface area contributed by atoms with Crippen molar-refractivity contribution in [2.75, 3.05) is 13.1 Å². The minimum Gasteiger partial charge on any atom is -0.349 e. The lowest BCUT2D eigenvalue weighted by molar-refractivity contribution is -0.0688. The van der Waals surface area contributed by atoms with Gasteiger partial charge in [-0.3, -0.25) is 4.79 Å². The van der Waals surface area contributed by atoms with E-state index in [1.165, 1.54) is 42.8 Å². The first-order valence-corrected chi connectivity index (χ1v) is 12.7. The second-order valence-corrected chi connectivity index (χ2v) is 12.1. The number of nitrogens with zero attached hydrogens (tertiary/aromatic N) is 1. The zero-order chi connectivity index (χ0) is 20.2. The Kier molecular flexibility index (Phi) is 4.78. The number of benzene rings is 1. The van der Waals surface area contributed by atoms with Gasteiger partial charge in [0.05, 0.1) is 4.90 Å². The SMILES string of the molecule is C[C@H](NC(=O)c1cccc(S(=O)(=O)N2CCCC2)c1)C12CC3CC(CC(C3)C1)C2. The molecule has 4 bridgehead atoms. The van der Waals surface area contributed by atoms with Crippen LogP contribution in [0.5, 0.6) is 0 Å². The maximum atomic E-state index is 13.0. The monoisotopic (exact) mass is 416 g/mol. The van der Waals surface area contributed by atoms with E-state index in [2.05, 4.69) is 12.2 Å². The van der Waals surface area contributed by atoms with Crippen LogP contribution in [0.2, 0.25) is 0 Å². The lowest BCUT2D eigenvalue weighted by Gasteiger charge is -2.59. The molecule has 5 aliphatic rings. The molecular weight excluding hydrogens is 384 g/mol. The van der Waals surface area contributed by atoms with Crippen LogP contribution >= 0.6 is 0 Å². The molecule has 5 nitrogen and oxygen atoms in total. The molecule has 0 aromatic heterocycles. The van der Waals surface area contributed by atoms with Crippen molar-refractivity contribution in [3.8, 4) is 0 Å². The second kappa shape index (κ2) is 7.09. The number of rotatable bonds is 5. The van der Waals surface area contributed by atoms with Gasteiger partial charge in [0.15, 0.2) is 0 Å². The Hall–Kier alpha value is -1.40. The molecule has 1 saturated heterocycles. The number of hydrogen-bond acceptors (Lipinski definition) is 3. The highest BCUT2D eigenvalue weighted by molar-refractivity contribution is 7.89. The van der Waals surface area contributed by atoms with Crippen molar-refractivity contribution >= 4 is 15.9 Å². The van der Waals surface area contributed by atoms with E-state index in [-0.39, 0.29) is 22.3 Å². The molecule has 0 radical (unpaired) electrons. The Morgan fingerprint density at radius 1 is 1.07 bits per heavy atom. The van der Waals surface area contributed by atoms with E-state index in [1.54, 1.807) is 24.3 Å². The Labute approximate surface area is 174 Å². The Bertz CT molecular complexity index is 869. The number of hydrogen-bond donors (Lipinski definition) is 1. The topological polar surface area (TPSA) is 66.5 Å². The molecule has 1 aromatic carbocycles. The number of carbonyl (C=O) groups is 1. The Balaban J connectivity index is 1.32. The van der Waals surface area contributed by atoms with Gasteiger partial charge in [-0.05, 0) is 99.7 Å². The van der Waals surface area contributed by atoms with E-state index < -0.39 is 10.0 Å². The lowest BCUT2D eigenvalue weighted by atomic mass is 9.48. The van der Waals surface area contributed by atoms with Gasteiger partial charge >= 0.3 is 0 Å². The maximum absolute atomic E-state index is 13.0. The van der Waals surface area contributed by atoms with Crippen molar-refractivity contribution in [3.63, 3.8) is 0 Å². The first-order chi connectivity index (χ1) is 13.9. The van der Waals surface area contributed by atoms with Crippen molar-refractivity contribution in [2.24, 2.45) is 23.2 Å². The Morgan fingerprint density at radius 2 is 1.66 bits per heavy atom. The molecule has 0 unspecified atom stereocenters. The molecule has 0 spiro atoms.